The van der Waals surface area contributed by atoms with Crippen LogP contribution in [0.3, 0.4) is 0 Å². The zero-order chi connectivity index (χ0) is 28.7. The van der Waals surface area contributed by atoms with Crippen LogP contribution in [0.15, 0.2) is 76.8 Å². The van der Waals surface area contributed by atoms with Crippen molar-refractivity contribution in [3.05, 3.63) is 87.3 Å². The van der Waals surface area contributed by atoms with E-state index in [2.05, 4.69) is 97.0 Å². The standard InChI is InChI=1S/C27H31NOS2.C4H4O4/c1-5-28(14-8-6-7-13-27(2,3)4)18-22-10-9-11-25(16-22)29-19-26-17-24(21-31-26)23-12-15-30-20-23;5-3(6)1-2-4(7)8/h6,8-12,15-17,20-21H,5,14,18-19H2,1-4H3;1-2H,(H,5,6)(H,7,8)/b8-6+;2-1-. The molecule has 0 aliphatic heterocycles. The highest BCUT2D eigenvalue weighted by Gasteiger charge is 2.06. The first-order chi connectivity index (χ1) is 18.6. The summed E-state index contributed by atoms with van der Waals surface area (Å²) in [4.78, 5) is 22.7. The molecule has 0 amide bonds. The van der Waals surface area contributed by atoms with Crippen molar-refractivity contribution in [1.29, 1.82) is 0 Å². The number of thiophene rings is 2. The Bertz CT molecular complexity index is 1290. The Balaban J connectivity index is 0.000000580. The van der Waals surface area contributed by atoms with Gasteiger partial charge in [-0.15, -0.1) is 11.3 Å². The fourth-order valence-corrected chi connectivity index (χ4v) is 4.62. The fraction of sp³-hybridized carbons (Fsp3) is 0.290. The maximum atomic E-state index is 9.55. The highest BCUT2D eigenvalue weighted by Crippen LogP contribution is 2.28. The van der Waals surface area contributed by atoms with E-state index in [0.29, 0.717) is 18.8 Å². The van der Waals surface area contributed by atoms with Gasteiger partial charge in [-0.3, -0.25) is 4.90 Å². The number of carboxylic acids is 2. The molecule has 0 fully saturated rings. The number of likely N-dealkylation sites (N-methyl/N-ethyl adjacent to an activating group) is 1. The summed E-state index contributed by atoms with van der Waals surface area (Å²) in [5.41, 5.74) is 3.87. The average molecular weight is 566 g/mol. The maximum Gasteiger partial charge on any atom is 0.328 e. The van der Waals surface area contributed by atoms with Gasteiger partial charge < -0.3 is 14.9 Å². The molecule has 2 aromatic heterocycles. The van der Waals surface area contributed by atoms with Crippen molar-refractivity contribution in [2.45, 2.75) is 40.8 Å². The SMILES string of the molecule is CCN(C/C=C/C#CC(C)(C)C)Cc1cccc(OCc2cc(-c3ccsc3)cs2)c1.O=C(O)/C=C\C(=O)O. The largest absolute Gasteiger partial charge is 0.488 e. The van der Waals surface area contributed by atoms with Crippen molar-refractivity contribution in [2.24, 2.45) is 5.41 Å². The third-order valence-electron chi connectivity index (χ3n) is 5.02. The van der Waals surface area contributed by atoms with Crippen LogP contribution in [-0.2, 0) is 22.7 Å². The second-order valence-electron chi connectivity index (χ2n) is 9.51. The van der Waals surface area contributed by atoms with Crippen LogP contribution >= 0.6 is 22.7 Å². The molecule has 0 bridgehead atoms. The maximum absolute atomic E-state index is 9.55. The van der Waals surface area contributed by atoms with Crippen LogP contribution in [0, 0.1) is 17.3 Å². The summed E-state index contributed by atoms with van der Waals surface area (Å²) < 4.78 is 6.09. The third-order valence-corrected chi connectivity index (χ3v) is 6.62. The highest BCUT2D eigenvalue weighted by molar-refractivity contribution is 7.10. The molecule has 0 unspecified atom stereocenters. The van der Waals surface area contributed by atoms with E-state index in [-0.39, 0.29) is 5.41 Å². The zero-order valence-electron chi connectivity index (χ0n) is 22.7. The van der Waals surface area contributed by atoms with E-state index >= 15 is 0 Å². The van der Waals surface area contributed by atoms with Gasteiger partial charge in [0, 0.05) is 35.5 Å². The molecule has 2 N–H and O–H groups in total. The predicted molar refractivity (Wildman–Crippen MR) is 160 cm³/mol. The van der Waals surface area contributed by atoms with Crippen molar-refractivity contribution >= 4 is 34.6 Å². The van der Waals surface area contributed by atoms with Crippen LogP contribution in [0.4, 0.5) is 0 Å². The number of allylic oxidation sites excluding steroid dienone is 1. The number of carbonyl (C=O) groups is 2. The van der Waals surface area contributed by atoms with Crippen LogP contribution in [-0.4, -0.2) is 40.1 Å². The summed E-state index contributed by atoms with van der Waals surface area (Å²) in [7, 11) is 0. The van der Waals surface area contributed by atoms with Crippen molar-refractivity contribution < 1.29 is 24.5 Å². The molecule has 2 heterocycles. The van der Waals surface area contributed by atoms with Gasteiger partial charge in [0.15, 0.2) is 0 Å². The Morgan fingerprint density at radius 1 is 1.05 bits per heavy atom. The molecule has 206 valence electrons. The molecule has 0 radical (unpaired) electrons. The van der Waals surface area contributed by atoms with E-state index in [1.807, 2.05) is 12.1 Å². The van der Waals surface area contributed by atoms with Crippen molar-refractivity contribution in [3.8, 4) is 28.7 Å². The number of aliphatic carboxylic acids is 2. The third kappa shape index (κ3) is 13.6. The van der Waals surface area contributed by atoms with Crippen molar-refractivity contribution in [3.63, 3.8) is 0 Å². The second-order valence-corrected chi connectivity index (χ2v) is 11.3. The Morgan fingerprint density at radius 2 is 1.79 bits per heavy atom. The number of ether oxygens (including phenoxy) is 1. The Hall–Kier alpha value is -3.64. The highest BCUT2D eigenvalue weighted by atomic mass is 32.1. The molecule has 39 heavy (non-hydrogen) atoms. The average Bonchev–Trinajstić information content (AvgIpc) is 3.58. The molecule has 6 nitrogen and oxygen atoms in total. The molecular weight excluding hydrogens is 530 g/mol. The molecule has 3 rings (SSSR count). The molecule has 0 atom stereocenters. The lowest BCUT2D eigenvalue weighted by Gasteiger charge is -2.18. The molecular formula is C31H35NO5S2. The quantitative estimate of drug-likeness (QED) is 0.189. The van der Waals surface area contributed by atoms with Crippen LogP contribution in [0.2, 0.25) is 0 Å². The number of carboxylic acid groups (broad SMARTS) is 2. The molecule has 1 aromatic carbocycles. The molecule has 0 spiro atoms. The number of nitrogens with zero attached hydrogens (tertiary/aromatic N) is 1. The summed E-state index contributed by atoms with van der Waals surface area (Å²) in [6.07, 6.45) is 5.23. The first-order valence-corrected chi connectivity index (χ1v) is 14.2. The van der Waals surface area contributed by atoms with E-state index in [9.17, 15) is 9.59 Å². The first kappa shape index (κ1) is 31.6. The summed E-state index contributed by atoms with van der Waals surface area (Å²) >= 11 is 3.48. The Labute approximate surface area is 238 Å². The van der Waals surface area contributed by atoms with Crippen molar-refractivity contribution in [2.75, 3.05) is 13.1 Å². The summed E-state index contributed by atoms with van der Waals surface area (Å²) in [6, 6.07) is 12.8. The van der Waals surface area contributed by atoms with Crippen LogP contribution in [0.1, 0.15) is 38.1 Å². The smallest absolute Gasteiger partial charge is 0.328 e. The minimum atomic E-state index is -1.26. The van der Waals surface area contributed by atoms with Gasteiger partial charge in [0.2, 0.25) is 0 Å². The lowest BCUT2D eigenvalue weighted by atomic mass is 9.98. The number of hydrogen-bond acceptors (Lipinski definition) is 6. The van der Waals surface area contributed by atoms with Gasteiger partial charge in [0.25, 0.3) is 0 Å². The summed E-state index contributed by atoms with van der Waals surface area (Å²) in [5, 5.41) is 22.1. The lowest BCUT2D eigenvalue weighted by Crippen LogP contribution is -2.22. The number of benzene rings is 1. The molecule has 0 aliphatic carbocycles. The molecule has 0 saturated carbocycles. The van der Waals surface area contributed by atoms with E-state index < -0.39 is 11.9 Å². The Kier molecular flexibility index (Phi) is 13.2. The predicted octanol–water partition coefficient (Wildman–Crippen LogP) is 7.20. The van der Waals surface area contributed by atoms with Gasteiger partial charge in [-0.2, -0.15) is 11.3 Å². The van der Waals surface area contributed by atoms with Crippen LogP contribution in [0.5, 0.6) is 5.75 Å². The molecule has 8 heteroatoms. The monoisotopic (exact) mass is 565 g/mol. The Morgan fingerprint density at radius 3 is 2.41 bits per heavy atom. The van der Waals surface area contributed by atoms with Gasteiger partial charge in [-0.1, -0.05) is 37.0 Å². The first-order valence-electron chi connectivity index (χ1n) is 12.4. The number of rotatable bonds is 11. The normalized spacial score (nSPS) is 11.2. The fourth-order valence-electron chi connectivity index (χ4n) is 3.15. The van der Waals surface area contributed by atoms with Gasteiger partial charge in [-0.25, -0.2) is 9.59 Å². The minimum absolute atomic E-state index is 0.0454. The van der Waals surface area contributed by atoms with Crippen LogP contribution in [0.25, 0.3) is 11.1 Å². The van der Waals surface area contributed by atoms with Gasteiger partial charge in [0.05, 0.1) is 0 Å². The molecule has 0 aliphatic rings. The van der Waals surface area contributed by atoms with Gasteiger partial charge in [0.1, 0.15) is 12.4 Å². The van der Waals surface area contributed by atoms with E-state index in [1.165, 1.54) is 21.6 Å². The van der Waals surface area contributed by atoms with E-state index in [4.69, 9.17) is 14.9 Å². The lowest BCUT2D eigenvalue weighted by molar-refractivity contribution is -0.134. The topological polar surface area (TPSA) is 87.1 Å². The molecule has 0 saturated heterocycles. The zero-order valence-corrected chi connectivity index (χ0v) is 24.3. The van der Waals surface area contributed by atoms with Crippen LogP contribution < -0.4 is 4.74 Å². The summed E-state index contributed by atoms with van der Waals surface area (Å²) in [5.74, 6) is 4.79. The van der Waals surface area contributed by atoms with Gasteiger partial charge >= 0.3 is 11.9 Å². The minimum Gasteiger partial charge on any atom is -0.488 e. The van der Waals surface area contributed by atoms with E-state index in [0.717, 1.165) is 25.4 Å². The van der Waals surface area contributed by atoms with Gasteiger partial charge in [-0.05, 0) is 90.5 Å². The second kappa shape index (κ2) is 16.4. The number of hydrogen-bond donors (Lipinski definition) is 2. The summed E-state index contributed by atoms with van der Waals surface area (Å²) in [6.45, 7) is 11.9. The van der Waals surface area contributed by atoms with E-state index in [1.54, 1.807) is 22.7 Å². The molecule has 3 aromatic rings. The van der Waals surface area contributed by atoms with Crippen molar-refractivity contribution in [1.82, 2.24) is 4.90 Å².